The lowest BCUT2D eigenvalue weighted by atomic mass is 10.0. The van der Waals surface area contributed by atoms with Crippen LogP contribution in [0.2, 0.25) is 0 Å². The molecule has 0 radical (unpaired) electrons. The van der Waals surface area contributed by atoms with Gasteiger partial charge >= 0.3 is 5.97 Å². The van der Waals surface area contributed by atoms with Crippen molar-refractivity contribution in [2.45, 2.75) is 32.0 Å². The third kappa shape index (κ3) is 3.79. The normalized spacial score (nSPS) is 16.1. The summed E-state index contributed by atoms with van der Waals surface area (Å²) >= 11 is 0. The highest BCUT2D eigenvalue weighted by Gasteiger charge is 2.31. The fourth-order valence-corrected chi connectivity index (χ4v) is 0.993. The van der Waals surface area contributed by atoms with Gasteiger partial charge in [0.05, 0.1) is 13.7 Å². The molecule has 0 aliphatic heterocycles. The maximum Gasteiger partial charge on any atom is 0.336 e. The van der Waals surface area contributed by atoms with E-state index < -0.39 is 17.7 Å². The van der Waals surface area contributed by atoms with Gasteiger partial charge in [0.25, 0.3) is 5.91 Å². The molecule has 0 rings (SSSR count). The zero-order chi connectivity index (χ0) is 12.8. The van der Waals surface area contributed by atoms with Crippen LogP contribution in [0, 0.1) is 0 Å². The first kappa shape index (κ1) is 14.9. The minimum atomic E-state index is -1.35. The number of aliphatic hydroxyl groups excluding tert-OH is 1. The molecule has 0 aromatic rings. The summed E-state index contributed by atoms with van der Waals surface area (Å²) in [5.74, 6) is -1.16. The number of aliphatic hydroxyl groups is 1. The fourth-order valence-electron chi connectivity index (χ4n) is 0.993. The number of nitrogens with one attached hydrogen (secondary N) is 1. The molecule has 1 amide bonds. The minimum absolute atomic E-state index is 0.190. The molecule has 0 saturated heterocycles. The molecule has 0 aromatic carbocycles. The van der Waals surface area contributed by atoms with Crippen LogP contribution in [0.1, 0.15) is 20.3 Å². The third-order valence-electron chi connectivity index (χ3n) is 2.53. The van der Waals surface area contributed by atoms with Crippen LogP contribution in [-0.4, -0.2) is 49.5 Å². The Kier molecular flexibility index (Phi) is 5.98. The highest BCUT2D eigenvalue weighted by atomic mass is 16.5. The van der Waals surface area contributed by atoms with Gasteiger partial charge in [-0.15, -0.1) is 0 Å². The Morgan fingerprint density at radius 1 is 1.44 bits per heavy atom. The van der Waals surface area contributed by atoms with Gasteiger partial charge in [0.2, 0.25) is 0 Å². The highest BCUT2D eigenvalue weighted by Crippen LogP contribution is 2.13. The Morgan fingerprint density at radius 2 is 2.00 bits per heavy atom. The molecule has 6 heteroatoms. The molecule has 0 aliphatic rings. The van der Waals surface area contributed by atoms with Crippen LogP contribution < -0.4 is 5.32 Å². The molecule has 0 heterocycles. The molecule has 94 valence electrons. The first-order valence-electron chi connectivity index (χ1n) is 5.00. The maximum absolute atomic E-state index is 11.6. The molecular weight excluding hydrogens is 214 g/mol. The minimum Gasteiger partial charge on any atom is -0.467 e. The summed E-state index contributed by atoms with van der Waals surface area (Å²) in [4.78, 5) is 22.5. The second-order valence-electron chi connectivity index (χ2n) is 3.54. The van der Waals surface area contributed by atoms with Crippen molar-refractivity contribution in [3.63, 3.8) is 0 Å². The maximum atomic E-state index is 11.6. The number of hydrogen-bond acceptors (Lipinski definition) is 5. The standard InChI is InChI=1S/C10H19NO5/c1-5-10(2,16-4)9(14)11-6-7(12)8(13)15-3/h7,12H,5-6H2,1-4H3,(H,11,14). The first-order valence-corrected chi connectivity index (χ1v) is 5.00. The molecule has 0 saturated carbocycles. The summed E-state index contributed by atoms with van der Waals surface area (Å²) in [5.41, 5.74) is -0.949. The van der Waals surface area contributed by atoms with Crippen molar-refractivity contribution < 1.29 is 24.2 Å². The topological polar surface area (TPSA) is 84.9 Å². The van der Waals surface area contributed by atoms with Gasteiger partial charge in [-0.1, -0.05) is 6.92 Å². The SMILES string of the molecule is CCC(C)(OC)C(=O)NCC(O)C(=O)OC. The van der Waals surface area contributed by atoms with E-state index in [0.29, 0.717) is 6.42 Å². The van der Waals surface area contributed by atoms with Crippen molar-refractivity contribution in [2.75, 3.05) is 20.8 Å². The van der Waals surface area contributed by atoms with E-state index in [1.807, 2.05) is 0 Å². The Morgan fingerprint density at radius 3 is 2.38 bits per heavy atom. The van der Waals surface area contributed by atoms with Crippen LogP contribution in [0.4, 0.5) is 0 Å². The zero-order valence-corrected chi connectivity index (χ0v) is 10.1. The molecule has 0 bridgehead atoms. The summed E-state index contributed by atoms with van der Waals surface area (Å²) in [6, 6.07) is 0. The Hall–Kier alpha value is -1.14. The molecule has 2 N–H and O–H groups in total. The number of esters is 1. The molecule has 2 atom stereocenters. The van der Waals surface area contributed by atoms with E-state index in [0.717, 1.165) is 0 Å². The predicted molar refractivity (Wildman–Crippen MR) is 56.7 cm³/mol. The van der Waals surface area contributed by atoms with Gasteiger partial charge in [-0.3, -0.25) is 4.79 Å². The van der Waals surface area contributed by atoms with E-state index >= 15 is 0 Å². The van der Waals surface area contributed by atoms with Crippen LogP contribution in [-0.2, 0) is 19.1 Å². The summed E-state index contributed by atoms with van der Waals surface area (Å²) in [5, 5.41) is 11.7. The Balaban J connectivity index is 4.21. The van der Waals surface area contributed by atoms with E-state index in [-0.39, 0.29) is 12.5 Å². The van der Waals surface area contributed by atoms with E-state index in [2.05, 4.69) is 10.1 Å². The van der Waals surface area contributed by atoms with Crippen LogP contribution in [0.5, 0.6) is 0 Å². The molecule has 0 spiro atoms. The summed E-state index contributed by atoms with van der Waals surface area (Å²) < 4.78 is 9.37. The number of methoxy groups -OCH3 is 2. The lowest BCUT2D eigenvalue weighted by Gasteiger charge is -2.25. The van der Waals surface area contributed by atoms with Gasteiger partial charge in [-0.25, -0.2) is 4.79 Å². The van der Waals surface area contributed by atoms with Crippen LogP contribution in [0.15, 0.2) is 0 Å². The summed E-state index contributed by atoms with van der Waals surface area (Å²) in [7, 11) is 2.60. The second kappa shape index (κ2) is 6.44. The lowest BCUT2D eigenvalue weighted by Crippen LogP contribution is -2.48. The number of carbonyl (C=O) groups is 2. The van der Waals surface area contributed by atoms with Crippen molar-refractivity contribution in [1.82, 2.24) is 5.32 Å². The van der Waals surface area contributed by atoms with Gasteiger partial charge in [-0.2, -0.15) is 0 Å². The number of carbonyl (C=O) groups excluding carboxylic acids is 2. The Bertz CT molecular complexity index is 250. The summed E-state index contributed by atoms with van der Waals surface area (Å²) in [6.45, 7) is 3.25. The number of ether oxygens (including phenoxy) is 2. The average molecular weight is 233 g/mol. The molecule has 0 aromatic heterocycles. The quantitative estimate of drug-likeness (QED) is 0.601. The van der Waals surface area contributed by atoms with Gasteiger partial charge in [0.1, 0.15) is 5.60 Å². The van der Waals surface area contributed by atoms with Crippen LogP contribution in [0.3, 0.4) is 0 Å². The zero-order valence-electron chi connectivity index (χ0n) is 10.1. The van der Waals surface area contributed by atoms with Gasteiger partial charge in [0, 0.05) is 7.11 Å². The number of rotatable bonds is 6. The highest BCUT2D eigenvalue weighted by molar-refractivity contribution is 5.85. The molecular formula is C10H19NO5. The average Bonchev–Trinajstić information content (AvgIpc) is 2.33. The van der Waals surface area contributed by atoms with Crippen molar-refractivity contribution in [1.29, 1.82) is 0 Å². The molecule has 2 unspecified atom stereocenters. The van der Waals surface area contributed by atoms with Crippen molar-refractivity contribution in [3.8, 4) is 0 Å². The first-order chi connectivity index (χ1) is 7.41. The van der Waals surface area contributed by atoms with E-state index in [9.17, 15) is 14.7 Å². The van der Waals surface area contributed by atoms with Crippen molar-refractivity contribution >= 4 is 11.9 Å². The van der Waals surface area contributed by atoms with E-state index in [4.69, 9.17) is 4.74 Å². The van der Waals surface area contributed by atoms with Crippen LogP contribution in [0.25, 0.3) is 0 Å². The number of hydrogen-bond donors (Lipinski definition) is 2. The molecule has 0 fully saturated rings. The Labute approximate surface area is 94.9 Å². The van der Waals surface area contributed by atoms with E-state index in [1.54, 1.807) is 13.8 Å². The summed E-state index contributed by atoms with van der Waals surface area (Å²) in [6.07, 6.45) is -0.865. The molecule has 0 aliphatic carbocycles. The van der Waals surface area contributed by atoms with Gasteiger partial charge in [0.15, 0.2) is 6.10 Å². The monoisotopic (exact) mass is 233 g/mol. The van der Waals surface area contributed by atoms with Gasteiger partial charge < -0.3 is 19.9 Å². The molecule has 6 nitrogen and oxygen atoms in total. The van der Waals surface area contributed by atoms with Crippen LogP contribution >= 0.6 is 0 Å². The molecule has 16 heavy (non-hydrogen) atoms. The number of amides is 1. The van der Waals surface area contributed by atoms with Crippen molar-refractivity contribution in [3.05, 3.63) is 0 Å². The smallest absolute Gasteiger partial charge is 0.336 e. The second-order valence-corrected chi connectivity index (χ2v) is 3.54. The fraction of sp³-hybridized carbons (Fsp3) is 0.800. The third-order valence-corrected chi connectivity index (χ3v) is 2.53. The van der Waals surface area contributed by atoms with Gasteiger partial charge in [-0.05, 0) is 13.3 Å². The lowest BCUT2D eigenvalue weighted by molar-refractivity contribution is -0.151. The predicted octanol–water partition coefficient (Wildman–Crippen LogP) is -0.548. The van der Waals surface area contributed by atoms with Crippen molar-refractivity contribution in [2.24, 2.45) is 0 Å². The largest absolute Gasteiger partial charge is 0.467 e. The van der Waals surface area contributed by atoms with E-state index in [1.165, 1.54) is 14.2 Å².